The van der Waals surface area contributed by atoms with E-state index >= 15 is 0 Å². The van der Waals surface area contributed by atoms with Gasteiger partial charge in [0.15, 0.2) is 0 Å². The predicted octanol–water partition coefficient (Wildman–Crippen LogP) is -0.661. The monoisotopic (exact) mass is 355 g/mol. The fourth-order valence-corrected chi connectivity index (χ4v) is 2.43. The van der Waals surface area contributed by atoms with E-state index in [1.54, 1.807) is 0 Å². The lowest BCUT2D eigenvalue weighted by Crippen LogP contribution is -2.67. The van der Waals surface area contributed by atoms with Gasteiger partial charge in [-0.15, -0.1) is 0 Å². The molecule has 10 heteroatoms. The van der Waals surface area contributed by atoms with Crippen molar-refractivity contribution in [1.29, 1.82) is 0 Å². The summed E-state index contributed by atoms with van der Waals surface area (Å²) in [5.74, 6) is -0.582. The van der Waals surface area contributed by atoms with Crippen molar-refractivity contribution in [3.05, 3.63) is 12.2 Å². The summed E-state index contributed by atoms with van der Waals surface area (Å²) in [6, 6.07) is -1.23. The van der Waals surface area contributed by atoms with Crippen LogP contribution < -0.4 is 0 Å². The summed E-state index contributed by atoms with van der Waals surface area (Å²) < 4.78 is 15.2. The third-order valence-corrected chi connectivity index (χ3v) is 4.02. The minimum atomic E-state index is -1.44. The number of rotatable bonds is 8. The number of epoxide rings is 2. The molecule has 0 aromatic carbocycles. The van der Waals surface area contributed by atoms with Gasteiger partial charge in [-0.3, -0.25) is 9.80 Å². The van der Waals surface area contributed by atoms with Gasteiger partial charge in [-0.1, -0.05) is 6.58 Å². The van der Waals surface area contributed by atoms with Crippen LogP contribution in [-0.2, 0) is 19.0 Å². The quantitative estimate of drug-likeness (QED) is 0.349. The molecule has 4 amide bonds. The normalized spacial score (nSPS) is 28.2. The summed E-state index contributed by atoms with van der Waals surface area (Å²) in [7, 11) is 0. The highest BCUT2D eigenvalue weighted by molar-refractivity contribution is 5.96. The Morgan fingerprint density at radius 1 is 1.20 bits per heavy atom. The Bertz CT molecular complexity index is 588. The summed E-state index contributed by atoms with van der Waals surface area (Å²) in [4.78, 5) is 39.8. The molecule has 3 heterocycles. The van der Waals surface area contributed by atoms with E-state index in [4.69, 9.17) is 14.2 Å². The summed E-state index contributed by atoms with van der Waals surface area (Å²) in [6.07, 6.45) is -1.76. The van der Waals surface area contributed by atoms with Crippen molar-refractivity contribution in [2.75, 3.05) is 39.5 Å². The second kappa shape index (κ2) is 6.98. The minimum Gasteiger partial charge on any atom is -0.460 e. The Morgan fingerprint density at radius 3 is 2.32 bits per heavy atom. The molecular formula is C15H21N3O7. The van der Waals surface area contributed by atoms with Gasteiger partial charge in [-0.25, -0.2) is 19.3 Å². The van der Waals surface area contributed by atoms with E-state index in [1.807, 2.05) is 0 Å². The molecule has 0 aromatic heterocycles. The molecule has 3 rings (SSSR count). The standard InChI is InChI=1S/C15H21N3O7/c1-9(2)12(19)23-4-3-16-13(20)17(5-10-7-24-10)15(22)18(14(16)21)6-11-8-25-11/h10-11,13,20H,1,3-8H2,2H3. The van der Waals surface area contributed by atoms with Crippen molar-refractivity contribution in [2.24, 2.45) is 0 Å². The molecule has 3 unspecified atom stereocenters. The molecule has 0 saturated carbocycles. The highest BCUT2D eigenvalue weighted by atomic mass is 16.6. The molecule has 10 nitrogen and oxygen atoms in total. The number of imide groups is 1. The Kier molecular flexibility index (Phi) is 4.93. The number of carbonyl (C=O) groups is 3. The van der Waals surface area contributed by atoms with Crippen LogP contribution in [0, 0.1) is 0 Å². The highest BCUT2D eigenvalue weighted by Gasteiger charge is 2.47. The average molecular weight is 355 g/mol. The average Bonchev–Trinajstić information content (AvgIpc) is 3.46. The molecule has 3 saturated heterocycles. The van der Waals surface area contributed by atoms with Crippen LogP contribution >= 0.6 is 0 Å². The fraction of sp³-hybridized carbons (Fsp3) is 0.667. The molecule has 0 bridgehead atoms. The molecule has 0 aromatic rings. The van der Waals surface area contributed by atoms with Crippen molar-refractivity contribution in [3.63, 3.8) is 0 Å². The number of aliphatic hydroxyl groups is 1. The van der Waals surface area contributed by atoms with Gasteiger partial charge in [0.2, 0.25) is 6.35 Å². The van der Waals surface area contributed by atoms with E-state index in [1.165, 1.54) is 11.8 Å². The number of esters is 1. The van der Waals surface area contributed by atoms with Gasteiger partial charge in [0.05, 0.1) is 45.1 Å². The van der Waals surface area contributed by atoms with Gasteiger partial charge < -0.3 is 19.3 Å². The van der Waals surface area contributed by atoms with Crippen molar-refractivity contribution in [3.8, 4) is 0 Å². The molecule has 3 aliphatic rings. The maximum absolute atomic E-state index is 12.6. The molecular weight excluding hydrogens is 334 g/mol. The number of amides is 4. The van der Waals surface area contributed by atoms with Crippen molar-refractivity contribution in [1.82, 2.24) is 14.7 Å². The first kappa shape index (κ1) is 17.6. The van der Waals surface area contributed by atoms with Gasteiger partial charge in [0.25, 0.3) is 0 Å². The second-order valence-electron chi connectivity index (χ2n) is 6.19. The van der Waals surface area contributed by atoms with Crippen LogP contribution in [0.1, 0.15) is 6.92 Å². The predicted molar refractivity (Wildman–Crippen MR) is 82.2 cm³/mol. The van der Waals surface area contributed by atoms with Crippen molar-refractivity contribution < 1.29 is 33.7 Å². The summed E-state index contributed by atoms with van der Waals surface area (Å²) in [6.45, 7) is 6.09. The molecule has 25 heavy (non-hydrogen) atoms. The lowest BCUT2D eigenvalue weighted by Gasteiger charge is -2.44. The molecule has 3 fully saturated rings. The number of urea groups is 2. The van der Waals surface area contributed by atoms with Gasteiger partial charge >= 0.3 is 18.0 Å². The smallest absolute Gasteiger partial charge is 0.333 e. The van der Waals surface area contributed by atoms with Crippen LogP contribution in [0.25, 0.3) is 0 Å². The van der Waals surface area contributed by atoms with E-state index < -0.39 is 24.4 Å². The van der Waals surface area contributed by atoms with E-state index in [0.717, 1.165) is 9.80 Å². The number of carbonyl (C=O) groups excluding carboxylic acids is 3. The topological polar surface area (TPSA) is 115 Å². The Labute approximate surface area is 144 Å². The highest BCUT2D eigenvalue weighted by Crippen LogP contribution is 2.23. The number of hydrogen-bond acceptors (Lipinski definition) is 7. The number of aliphatic hydroxyl groups excluding tert-OH is 1. The first-order valence-corrected chi connectivity index (χ1v) is 8.01. The lowest BCUT2D eigenvalue weighted by molar-refractivity contribution is -0.142. The summed E-state index contributed by atoms with van der Waals surface area (Å²) in [5.41, 5.74) is 0.237. The number of nitrogens with zero attached hydrogens (tertiary/aromatic N) is 3. The molecule has 3 atom stereocenters. The van der Waals surface area contributed by atoms with Crippen molar-refractivity contribution >= 4 is 18.0 Å². The van der Waals surface area contributed by atoms with Gasteiger partial charge in [-0.05, 0) is 6.92 Å². The largest absolute Gasteiger partial charge is 0.460 e. The fourth-order valence-electron chi connectivity index (χ4n) is 2.43. The maximum atomic E-state index is 12.6. The molecule has 3 aliphatic heterocycles. The third kappa shape index (κ3) is 4.09. The van der Waals surface area contributed by atoms with Crippen LogP contribution in [0.15, 0.2) is 12.2 Å². The second-order valence-corrected chi connectivity index (χ2v) is 6.19. The molecule has 0 radical (unpaired) electrons. The third-order valence-electron chi connectivity index (χ3n) is 4.02. The van der Waals surface area contributed by atoms with Crippen LogP contribution in [0.4, 0.5) is 9.59 Å². The first-order chi connectivity index (χ1) is 11.9. The van der Waals surface area contributed by atoms with Gasteiger partial charge in [0.1, 0.15) is 6.61 Å². The van der Waals surface area contributed by atoms with Crippen LogP contribution in [-0.4, -0.2) is 95.9 Å². The van der Waals surface area contributed by atoms with Gasteiger partial charge in [0, 0.05) is 5.57 Å². The van der Waals surface area contributed by atoms with Gasteiger partial charge in [-0.2, -0.15) is 0 Å². The summed E-state index contributed by atoms with van der Waals surface area (Å²) in [5, 5.41) is 10.4. The first-order valence-electron chi connectivity index (χ1n) is 8.01. The Morgan fingerprint density at radius 2 is 1.76 bits per heavy atom. The molecule has 138 valence electrons. The van der Waals surface area contributed by atoms with E-state index in [9.17, 15) is 19.5 Å². The molecule has 0 spiro atoms. The van der Waals surface area contributed by atoms with E-state index in [0.29, 0.717) is 13.2 Å². The Hall–Kier alpha value is -2.17. The van der Waals surface area contributed by atoms with Crippen LogP contribution in [0.2, 0.25) is 0 Å². The zero-order valence-electron chi connectivity index (χ0n) is 13.9. The Balaban J connectivity index is 1.67. The molecule has 0 aliphatic carbocycles. The molecule has 1 N–H and O–H groups in total. The van der Waals surface area contributed by atoms with Crippen molar-refractivity contribution in [2.45, 2.75) is 25.5 Å². The van der Waals surface area contributed by atoms with Crippen LogP contribution in [0.5, 0.6) is 0 Å². The van der Waals surface area contributed by atoms with E-state index in [2.05, 4.69) is 6.58 Å². The number of ether oxygens (including phenoxy) is 3. The summed E-state index contributed by atoms with van der Waals surface area (Å²) >= 11 is 0. The minimum absolute atomic E-state index is 0.0592. The van der Waals surface area contributed by atoms with Crippen LogP contribution in [0.3, 0.4) is 0 Å². The maximum Gasteiger partial charge on any atom is 0.333 e. The van der Waals surface area contributed by atoms with E-state index in [-0.39, 0.29) is 44.0 Å². The zero-order chi connectivity index (χ0) is 18.1. The lowest BCUT2D eigenvalue weighted by atomic mass is 10.3. The number of hydrogen-bond donors (Lipinski definition) is 1. The zero-order valence-corrected chi connectivity index (χ0v) is 13.9. The SMILES string of the molecule is C=C(C)C(=O)OCCN1C(=O)N(CC2CO2)C(=O)N(CC2CO2)C1O.